The Balaban J connectivity index is 1.57. The van der Waals surface area contributed by atoms with Gasteiger partial charge >= 0.3 is 11.9 Å². The van der Waals surface area contributed by atoms with Gasteiger partial charge in [-0.1, -0.05) is 105 Å². The van der Waals surface area contributed by atoms with Crippen LogP contribution in [0.5, 0.6) is 17.2 Å². The fourth-order valence-electron chi connectivity index (χ4n) is 6.16. The highest BCUT2D eigenvalue weighted by molar-refractivity contribution is 5.70. The van der Waals surface area contributed by atoms with Crippen LogP contribution in [0.2, 0.25) is 0 Å². The first-order valence-electron chi connectivity index (χ1n) is 19.2. The number of esters is 2. The lowest BCUT2D eigenvalue weighted by atomic mass is 9.81. The van der Waals surface area contributed by atoms with Crippen LogP contribution in [0.25, 0.3) is 0 Å². The van der Waals surface area contributed by atoms with E-state index in [1.165, 1.54) is 0 Å². The Morgan fingerprint density at radius 1 is 0.655 bits per heavy atom. The predicted octanol–water partition coefficient (Wildman–Crippen LogP) is 8.18. The smallest absolute Gasteiger partial charge is 0.306 e. The lowest BCUT2D eigenvalue weighted by Crippen LogP contribution is -2.60. The van der Waals surface area contributed by atoms with E-state index in [0.717, 1.165) is 33.4 Å². The molecule has 0 bridgehead atoms. The van der Waals surface area contributed by atoms with Gasteiger partial charge in [-0.05, 0) is 83.0 Å². The summed E-state index contributed by atoms with van der Waals surface area (Å²) in [4.78, 5) is 25.6. The van der Waals surface area contributed by atoms with E-state index in [-0.39, 0.29) is 74.2 Å². The zero-order valence-corrected chi connectivity index (χ0v) is 34.8. The number of aromatic hydroxyl groups is 2. The minimum Gasteiger partial charge on any atom is -0.507 e. The molecule has 3 aromatic rings. The molecule has 0 saturated heterocycles. The maximum Gasteiger partial charge on any atom is 0.306 e. The summed E-state index contributed by atoms with van der Waals surface area (Å²) in [5.74, 6) is -1.77. The first kappa shape index (κ1) is 45.3. The topological polar surface area (TPSA) is 141 Å². The number of aryl methyl sites for hydroxylation is 4. The number of carbonyl (C=O) groups excluding carboxylic acids is 2. The third kappa shape index (κ3) is 13.3. The molecule has 55 heavy (non-hydrogen) atoms. The van der Waals surface area contributed by atoms with Crippen LogP contribution in [-0.4, -0.2) is 72.2 Å². The minimum atomic E-state index is -1.91. The average Bonchev–Trinajstić information content (AvgIpc) is 3.08. The van der Waals surface area contributed by atoms with E-state index >= 15 is 0 Å². The van der Waals surface area contributed by atoms with Gasteiger partial charge < -0.3 is 39.0 Å². The normalized spacial score (nSPS) is 13.9. The van der Waals surface area contributed by atoms with Crippen LogP contribution in [0.15, 0.2) is 54.6 Å². The van der Waals surface area contributed by atoms with E-state index in [1.54, 1.807) is 24.3 Å². The van der Waals surface area contributed by atoms with Crippen molar-refractivity contribution in [3.63, 3.8) is 0 Å². The number of phenols is 2. The second-order valence-electron chi connectivity index (χ2n) is 17.4. The van der Waals surface area contributed by atoms with Gasteiger partial charge in [0.25, 0.3) is 0 Å². The summed E-state index contributed by atoms with van der Waals surface area (Å²) in [6, 6.07) is 16.5. The Labute approximate surface area is 328 Å². The maximum atomic E-state index is 13.1. The van der Waals surface area contributed by atoms with Gasteiger partial charge in [-0.2, -0.15) is 0 Å². The Bertz CT molecular complexity index is 1710. The lowest BCUT2D eigenvalue weighted by Gasteiger charge is -2.44. The molecular weight excluding hydrogens is 700 g/mol. The van der Waals surface area contributed by atoms with Crippen LogP contribution in [-0.2, 0) is 52.2 Å². The predicted molar refractivity (Wildman–Crippen MR) is 214 cm³/mol. The summed E-state index contributed by atoms with van der Waals surface area (Å²) in [5.41, 5.74) is 3.66. The van der Waals surface area contributed by atoms with Crippen molar-refractivity contribution in [3.8, 4) is 17.2 Å². The highest BCUT2D eigenvalue weighted by Gasteiger charge is 2.51. The molecule has 0 amide bonds. The molecular formula is C45H64O10. The standard InChI is InChI=1S/C45H64O10/c1-30-25-32(27-35(40(30)48)42(3,4)5)17-19-38(46)53-24-22-51-21-23-52-37(45(50,44(9,10)11)55-34-15-13-12-14-16-34)29-54-39(47)20-18-33-26-31(2)41(49)36(28-33)43(6,7)8/h12-16,25-28,37,48-50H,17-24,29H2,1-11H3. The van der Waals surface area contributed by atoms with Gasteiger partial charge in [0, 0.05) is 18.3 Å². The quantitative estimate of drug-likeness (QED) is 0.0660. The van der Waals surface area contributed by atoms with E-state index in [1.807, 2.05) is 106 Å². The lowest BCUT2D eigenvalue weighted by molar-refractivity contribution is -0.281. The van der Waals surface area contributed by atoms with Crippen molar-refractivity contribution < 1.29 is 48.6 Å². The fraction of sp³-hybridized carbons (Fsp3) is 0.556. The van der Waals surface area contributed by atoms with E-state index in [0.29, 0.717) is 18.6 Å². The van der Waals surface area contributed by atoms with Crippen LogP contribution in [0.4, 0.5) is 0 Å². The molecule has 304 valence electrons. The van der Waals surface area contributed by atoms with Crippen molar-refractivity contribution >= 4 is 11.9 Å². The van der Waals surface area contributed by atoms with E-state index in [2.05, 4.69) is 0 Å². The molecule has 0 spiro atoms. The van der Waals surface area contributed by atoms with Gasteiger partial charge in [0.1, 0.15) is 30.5 Å². The molecule has 3 N–H and O–H groups in total. The second kappa shape index (κ2) is 19.2. The number of rotatable bonds is 18. The monoisotopic (exact) mass is 764 g/mol. The molecule has 10 nitrogen and oxygen atoms in total. The first-order chi connectivity index (χ1) is 25.5. The second-order valence-corrected chi connectivity index (χ2v) is 17.4. The number of benzene rings is 3. The largest absolute Gasteiger partial charge is 0.507 e. The molecule has 2 unspecified atom stereocenters. The maximum absolute atomic E-state index is 13.1. The zero-order valence-electron chi connectivity index (χ0n) is 34.8. The molecule has 10 heteroatoms. The number of aliphatic hydroxyl groups is 1. The van der Waals surface area contributed by atoms with Crippen molar-refractivity contribution in [2.24, 2.45) is 5.41 Å². The third-order valence-corrected chi connectivity index (χ3v) is 9.53. The third-order valence-electron chi connectivity index (χ3n) is 9.53. The molecule has 0 fully saturated rings. The van der Waals surface area contributed by atoms with E-state index < -0.39 is 23.3 Å². The van der Waals surface area contributed by atoms with Gasteiger partial charge in [0.2, 0.25) is 5.79 Å². The summed E-state index contributed by atoms with van der Waals surface area (Å²) >= 11 is 0. The van der Waals surface area contributed by atoms with Crippen LogP contribution in [0, 0.1) is 19.3 Å². The number of ether oxygens (including phenoxy) is 5. The average molecular weight is 765 g/mol. The summed E-state index contributed by atoms with van der Waals surface area (Å²) < 4.78 is 29.1. The Morgan fingerprint density at radius 3 is 1.60 bits per heavy atom. The highest BCUT2D eigenvalue weighted by Crippen LogP contribution is 2.38. The number of phenolic OH excluding ortho intramolecular Hbond substituents is 2. The molecule has 0 aliphatic heterocycles. The fourth-order valence-corrected chi connectivity index (χ4v) is 6.16. The SMILES string of the molecule is Cc1cc(CCC(=O)OCCOCCOC(COC(=O)CCc2cc(C)c(O)c(C(C)(C)C)c2)C(O)(Oc2ccccc2)C(C)(C)C)cc(C(C)(C)C)c1O. The molecule has 3 rings (SSSR count). The molecule has 0 saturated carbocycles. The van der Waals surface area contributed by atoms with Crippen LogP contribution in [0.3, 0.4) is 0 Å². The highest BCUT2D eigenvalue weighted by atomic mass is 16.7. The van der Waals surface area contributed by atoms with Gasteiger partial charge in [-0.25, -0.2) is 0 Å². The first-order valence-corrected chi connectivity index (χ1v) is 19.2. The molecule has 0 radical (unpaired) electrons. The number of para-hydroxylation sites is 1. The molecule has 0 aliphatic carbocycles. The number of hydrogen-bond donors (Lipinski definition) is 3. The van der Waals surface area contributed by atoms with Gasteiger partial charge in [-0.15, -0.1) is 0 Å². The van der Waals surface area contributed by atoms with Crippen molar-refractivity contribution in [1.82, 2.24) is 0 Å². The Kier molecular flexibility index (Phi) is 15.8. The zero-order chi connectivity index (χ0) is 41.2. The van der Waals surface area contributed by atoms with E-state index in [9.17, 15) is 24.9 Å². The molecule has 0 heterocycles. The number of carbonyl (C=O) groups is 2. The van der Waals surface area contributed by atoms with Crippen molar-refractivity contribution in [2.75, 3.05) is 33.0 Å². The van der Waals surface area contributed by atoms with Crippen molar-refractivity contribution in [1.29, 1.82) is 0 Å². The molecule has 0 aromatic heterocycles. The summed E-state index contributed by atoms with van der Waals surface area (Å²) in [6.45, 7) is 21.4. The Morgan fingerprint density at radius 2 is 1.13 bits per heavy atom. The molecule has 3 aromatic carbocycles. The van der Waals surface area contributed by atoms with Crippen LogP contribution < -0.4 is 4.74 Å². The van der Waals surface area contributed by atoms with Gasteiger partial charge in [0.15, 0.2) is 6.10 Å². The van der Waals surface area contributed by atoms with E-state index in [4.69, 9.17) is 23.7 Å². The minimum absolute atomic E-state index is 0.0331. The van der Waals surface area contributed by atoms with Crippen LogP contribution >= 0.6 is 0 Å². The van der Waals surface area contributed by atoms with Gasteiger partial charge in [-0.3, -0.25) is 9.59 Å². The molecule has 2 atom stereocenters. The summed E-state index contributed by atoms with van der Waals surface area (Å²) in [5, 5.41) is 33.2. The van der Waals surface area contributed by atoms with Crippen molar-refractivity contribution in [2.45, 2.75) is 125 Å². The summed E-state index contributed by atoms with van der Waals surface area (Å²) in [7, 11) is 0. The summed E-state index contributed by atoms with van der Waals surface area (Å²) in [6.07, 6.45) is 0.0777. The number of hydrogen-bond acceptors (Lipinski definition) is 10. The van der Waals surface area contributed by atoms with Crippen molar-refractivity contribution in [3.05, 3.63) is 88.0 Å². The Hall–Kier alpha value is -4.12. The van der Waals surface area contributed by atoms with Gasteiger partial charge in [0.05, 0.1) is 19.8 Å². The van der Waals surface area contributed by atoms with Crippen LogP contribution in [0.1, 0.15) is 109 Å². The molecule has 0 aliphatic rings.